The second-order valence-corrected chi connectivity index (χ2v) is 6.39. The van der Waals surface area contributed by atoms with E-state index < -0.39 is 29.4 Å². The van der Waals surface area contributed by atoms with Crippen molar-refractivity contribution in [1.82, 2.24) is 0 Å². The molecule has 6 heteroatoms. The summed E-state index contributed by atoms with van der Waals surface area (Å²) in [6.45, 7) is 1.25. The first-order chi connectivity index (χ1) is 11.8. The van der Waals surface area contributed by atoms with E-state index in [0.29, 0.717) is 21.2 Å². The molecule has 0 saturated carbocycles. The van der Waals surface area contributed by atoms with Crippen LogP contribution in [-0.4, -0.2) is 24.6 Å². The Hall–Kier alpha value is -2.17. The van der Waals surface area contributed by atoms with Gasteiger partial charge in [-0.25, -0.2) is 0 Å². The van der Waals surface area contributed by atoms with Crippen molar-refractivity contribution in [2.75, 3.05) is 7.11 Å². The van der Waals surface area contributed by atoms with E-state index in [1.54, 1.807) is 42.5 Å². The lowest BCUT2D eigenvalue weighted by molar-refractivity contribution is -0.149. The van der Waals surface area contributed by atoms with Crippen LogP contribution in [0.15, 0.2) is 48.5 Å². The van der Waals surface area contributed by atoms with Gasteiger partial charge in [0.25, 0.3) is 0 Å². The summed E-state index contributed by atoms with van der Waals surface area (Å²) >= 11 is 12.0. The van der Waals surface area contributed by atoms with Crippen molar-refractivity contribution < 1.29 is 19.1 Å². The first kappa shape index (κ1) is 19.2. The minimum Gasteiger partial charge on any atom is -0.468 e. The van der Waals surface area contributed by atoms with Gasteiger partial charge in [0.2, 0.25) is 0 Å². The molecule has 2 aromatic rings. The largest absolute Gasteiger partial charge is 0.468 e. The van der Waals surface area contributed by atoms with Crippen molar-refractivity contribution in [3.8, 4) is 0 Å². The number of Topliss-reactive ketones (excluding diaryl/α,β-unsaturated/α-hetero) is 2. The smallest absolute Gasteiger partial charge is 0.317 e. The molecular formula is C19H16Cl2O4. The van der Waals surface area contributed by atoms with Gasteiger partial charge in [0, 0.05) is 15.6 Å². The third kappa shape index (κ3) is 4.47. The number of ketones is 2. The van der Waals surface area contributed by atoms with Gasteiger partial charge in [-0.15, -0.1) is 0 Å². The molecule has 0 saturated heterocycles. The SMILES string of the molecule is COC(=O)C(C(C)=O)C(C(=O)c1cccc(Cl)c1)c1cccc(Cl)c1. The maximum absolute atomic E-state index is 13.1. The Morgan fingerprint density at radius 1 is 0.960 bits per heavy atom. The van der Waals surface area contributed by atoms with Crippen LogP contribution in [0.1, 0.15) is 28.8 Å². The Labute approximate surface area is 155 Å². The molecule has 0 aliphatic rings. The average Bonchev–Trinajstić information content (AvgIpc) is 2.58. The van der Waals surface area contributed by atoms with E-state index in [0.717, 1.165) is 0 Å². The molecule has 0 aromatic heterocycles. The second-order valence-electron chi connectivity index (χ2n) is 5.52. The van der Waals surface area contributed by atoms with Crippen LogP contribution in [0.3, 0.4) is 0 Å². The molecule has 25 heavy (non-hydrogen) atoms. The number of carbonyl (C=O) groups excluding carboxylic acids is 3. The normalized spacial score (nSPS) is 13.0. The van der Waals surface area contributed by atoms with Gasteiger partial charge < -0.3 is 4.74 Å². The standard InChI is InChI=1S/C19H16Cl2O4/c1-11(22)16(19(24)25-2)17(12-5-3-7-14(20)9-12)18(23)13-6-4-8-15(21)10-13/h3-10,16-17H,1-2H3. The highest BCUT2D eigenvalue weighted by atomic mass is 35.5. The zero-order chi connectivity index (χ0) is 18.6. The minimum absolute atomic E-state index is 0.299. The molecule has 2 atom stereocenters. The summed E-state index contributed by atoms with van der Waals surface area (Å²) in [7, 11) is 1.18. The maximum atomic E-state index is 13.1. The Morgan fingerprint density at radius 2 is 1.56 bits per heavy atom. The van der Waals surface area contributed by atoms with Crippen molar-refractivity contribution in [2.45, 2.75) is 12.8 Å². The number of ether oxygens (including phenoxy) is 1. The van der Waals surface area contributed by atoms with Gasteiger partial charge in [-0.1, -0.05) is 47.5 Å². The fourth-order valence-corrected chi connectivity index (χ4v) is 3.07. The Morgan fingerprint density at radius 3 is 2.08 bits per heavy atom. The number of hydrogen-bond acceptors (Lipinski definition) is 4. The highest BCUT2D eigenvalue weighted by molar-refractivity contribution is 6.31. The van der Waals surface area contributed by atoms with Gasteiger partial charge in [0.05, 0.1) is 13.0 Å². The summed E-state index contributed by atoms with van der Waals surface area (Å²) in [6.07, 6.45) is 0. The van der Waals surface area contributed by atoms with E-state index in [9.17, 15) is 14.4 Å². The lowest BCUT2D eigenvalue weighted by Crippen LogP contribution is -2.34. The van der Waals surface area contributed by atoms with Gasteiger partial charge >= 0.3 is 5.97 Å². The van der Waals surface area contributed by atoms with E-state index in [1.807, 2.05) is 0 Å². The van der Waals surface area contributed by atoms with Crippen LogP contribution in [0.2, 0.25) is 10.0 Å². The van der Waals surface area contributed by atoms with E-state index in [1.165, 1.54) is 20.1 Å². The predicted octanol–water partition coefficient (Wildman–Crippen LogP) is 4.34. The molecule has 2 aromatic carbocycles. The molecule has 0 radical (unpaired) electrons. The van der Waals surface area contributed by atoms with Gasteiger partial charge in [-0.2, -0.15) is 0 Å². The molecule has 4 nitrogen and oxygen atoms in total. The zero-order valence-electron chi connectivity index (χ0n) is 13.7. The van der Waals surface area contributed by atoms with Crippen molar-refractivity contribution in [3.05, 3.63) is 69.7 Å². The summed E-state index contributed by atoms with van der Waals surface area (Å²) < 4.78 is 4.75. The molecule has 2 unspecified atom stereocenters. The van der Waals surface area contributed by atoms with Crippen molar-refractivity contribution in [2.24, 2.45) is 5.92 Å². The summed E-state index contributed by atoms with van der Waals surface area (Å²) in [4.78, 5) is 37.4. The summed E-state index contributed by atoms with van der Waals surface area (Å²) in [6, 6.07) is 12.9. The van der Waals surface area contributed by atoms with Crippen molar-refractivity contribution in [1.29, 1.82) is 0 Å². The summed E-state index contributed by atoms with van der Waals surface area (Å²) in [5, 5.41) is 0.779. The maximum Gasteiger partial charge on any atom is 0.317 e. The second kappa shape index (κ2) is 8.28. The molecule has 0 aliphatic heterocycles. The third-order valence-electron chi connectivity index (χ3n) is 3.83. The molecule has 2 rings (SSSR count). The summed E-state index contributed by atoms with van der Waals surface area (Å²) in [5.74, 6) is -3.97. The number of rotatable bonds is 6. The van der Waals surface area contributed by atoms with Crippen LogP contribution >= 0.6 is 23.2 Å². The third-order valence-corrected chi connectivity index (χ3v) is 4.30. The number of methoxy groups -OCH3 is 1. The van der Waals surface area contributed by atoms with Gasteiger partial charge in [0.15, 0.2) is 5.78 Å². The van der Waals surface area contributed by atoms with Crippen LogP contribution < -0.4 is 0 Å². The van der Waals surface area contributed by atoms with Crippen LogP contribution in [0.25, 0.3) is 0 Å². The fraction of sp³-hybridized carbons (Fsp3) is 0.211. The summed E-state index contributed by atoms with van der Waals surface area (Å²) in [5.41, 5.74) is 0.760. The molecule has 0 N–H and O–H groups in total. The van der Waals surface area contributed by atoms with Crippen LogP contribution in [0, 0.1) is 5.92 Å². The number of halogens is 2. The van der Waals surface area contributed by atoms with Gasteiger partial charge in [0.1, 0.15) is 11.7 Å². The number of carbonyl (C=O) groups is 3. The fourth-order valence-electron chi connectivity index (χ4n) is 2.68. The molecule has 0 bridgehead atoms. The molecule has 0 heterocycles. The number of hydrogen-bond donors (Lipinski definition) is 0. The van der Waals surface area contributed by atoms with E-state index in [-0.39, 0.29) is 0 Å². The molecule has 0 fully saturated rings. The lowest BCUT2D eigenvalue weighted by Gasteiger charge is -2.23. The molecule has 0 spiro atoms. The first-order valence-corrected chi connectivity index (χ1v) is 8.24. The van der Waals surface area contributed by atoms with E-state index in [2.05, 4.69) is 0 Å². The zero-order valence-corrected chi connectivity index (χ0v) is 15.2. The Balaban J connectivity index is 2.61. The highest BCUT2D eigenvalue weighted by Gasteiger charge is 2.39. The minimum atomic E-state index is -1.27. The predicted molar refractivity (Wildman–Crippen MR) is 96.2 cm³/mol. The Bertz CT molecular complexity index is 817. The van der Waals surface area contributed by atoms with Crippen LogP contribution in [0.5, 0.6) is 0 Å². The lowest BCUT2D eigenvalue weighted by atomic mass is 9.78. The van der Waals surface area contributed by atoms with Crippen LogP contribution in [0.4, 0.5) is 0 Å². The quantitative estimate of drug-likeness (QED) is 0.426. The average molecular weight is 379 g/mol. The van der Waals surface area contributed by atoms with E-state index in [4.69, 9.17) is 27.9 Å². The Kier molecular flexibility index (Phi) is 6.34. The highest BCUT2D eigenvalue weighted by Crippen LogP contribution is 2.32. The van der Waals surface area contributed by atoms with E-state index >= 15 is 0 Å². The van der Waals surface area contributed by atoms with Crippen LogP contribution in [-0.2, 0) is 14.3 Å². The monoisotopic (exact) mass is 378 g/mol. The molecule has 130 valence electrons. The molecule has 0 aliphatic carbocycles. The van der Waals surface area contributed by atoms with Crippen molar-refractivity contribution in [3.63, 3.8) is 0 Å². The number of esters is 1. The van der Waals surface area contributed by atoms with Gasteiger partial charge in [-0.3, -0.25) is 14.4 Å². The number of benzene rings is 2. The first-order valence-electron chi connectivity index (χ1n) is 7.48. The van der Waals surface area contributed by atoms with Gasteiger partial charge in [-0.05, 0) is 36.8 Å². The molecular weight excluding hydrogens is 363 g/mol. The topological polar surface area (TPSA) is 60.4 Å². The van der Waals surface area contributed by atoms with Crippen molar-refractivity contribution >= 4 is 40.7 Å². The molecule has 0 amide bonds.